The molecule has 0 aliphatic carbocycles. The lowest BCUT2D eigenvalue weighted by Gasteiger charge is -2.24. The highest BCUT2D eigenvalue weighted by molar-refractivity contribution is 5.95. The second-order valence-corrected chi connectivity index (χ2v) is 9.70. The van der Waals surface area contributed by atoms with Crippen molar-refractivity contribution < 1.29 is 43.1 Å². The van der Waals surface area contributed by atoms with Gasteiger partial charge in [-0.2, -0.15) is 0 Å². The van der Waals surface area contributed by atoms with Crippen LogP contribution in [0.1, 0.15) is 63.0 Å². The standard InChI is InChI=1S/C30H37FO8/c1-19(2)25-18-26(37-14-15-39-28-6-4-5-13-38-28)30(36-3)29(20-7-9-21(31)10-8-20)24(25)12-11-22(32)16-23(33)17-27(34)35/h7-12,18-19,22,28,32H,4-6,13-17H2,1-3H3,(H,34,35). The molecule has 3 rings (SSSR count). The van der Waals surface area contributed by atoms with Gasteiger partial charge in [0.2, 0.25) is 0 Å². The highest BCUT2D eigenvalue weighted by Gasteiger charge is 2.23. The van der Waals surface area contributed by atoms with E-state index in [0.717, 1.165) is 24.8 Å². The van der Waals surface area contributed by atoms with Gasteiger partial charge in [0.25, 0.3) is 0 Å². The molecule has 212 valence electrons. The number of aliphatic hydroxyl groups excluding tert-OH is 1. The van der Waals surface area contributed by atoms with Crippen LogP contribution in [0.2, 0.25) is 0 Å². The Labute approximate surface area is 228 Å². The summed E-state index contributed by atoms with van der Waals surface area (Å²) in [7, 11) is 1.52. The number of carbonyl (C=O) groups excluding carboxylic acids is 1. The summed E-state index contributed by atoms with van der Waals surface area (Å²) >= 11 is 0. The van der Waals surface area contributed by atoms with Gasteiger partial charge in [0.15, 0.2) is 17.8 Å². The molecule has 2 unspecified atom stereocenters. The number of carbonyl (C=O) groups is 2. The number of Topliss-reactive ketones (excluding diaryl/α,β-unsaturated/α-hetero) is 1. The van der Waals surface area contributed by atoms with Crippen LogP contribution in [0, 0.1) is 5.82 Å². The lowest BCUT2D eigenvalue weighted by atomic mass is 9.88. The van der Waals surface area contributed by atoms with Crippen LogP contribution >= 0.6 is 0 Å². The molecule has 1 saturated heterocycles. The summed E-state index contributed by atoms with van der Waals surface area (Å²) in [6, 6.07) is 7.84. The number of methoxy groups -OCH3 is 1. The Hall–Kier alpha value is -3.27. The summed E-state index contributed by atoms with van der Waals surface area (Å²) in [4.78, 5) is 22.7. The zero-order chi connectivity index (χ0) is 28.4. The quantitative estimate of drug-likeness (QED) is 0.242. The van der Waals surface area contributed by atoms with Gasteiger partial charge in [-0.15, -0.1) is 0 Å². The second kappa shape index (κ2) is 14.8. The maximum atomic E-state index is 13.8. The zero-order valence-corrected chi connectivity index (χ0v) is 22.7. The van der Waals surface area contributed by atoms with Crippen molar-refractivity contribution in [3.8, 4) is 22.6 Å². The highest BCUT2D eigenvalue weighted by atomic mass is 19.1. The van der Waals surface area contributed by atoms with Crippen LogP contribution in [0.3, 0.4) is 0 Å². The topological polar surface area (TPSA) is 112 Å². The van der Waals surface area contributed by atoms with E-state index in [-0.39, 0.29) is 31.1 Å². The highest BCUT2D eigenvalue weighted by Crippen LogP contribution is 2.45. The van der Waals surface area contributed by atoms with Crippen molar-refractivity contribution in [1.82, 2.24) is 0 Å². The average Bonchev–Trinajstić information content (AvgIpc) is 2.90. The number of carboxylic acids is 1. The van der Waals surface area contributed by atoms with Gasteiger partial charge in [-0.1, -0.05) is 38.1 Å². The molecule has 0 amide bonds. The van der Waals surface area contributed by atoms with E-state index in [2.05, 4.69) is 0 Å². The van der Waals surface area contributed by atoms with E-state index >= 15 is 0 Å². The van der Waals surface area contributed by atoms with Gasteiger partial charge >= 0.3 is 5.97 Å². The van der Waals surface area contributed by atoms with Crippen molar-refractivity contribution in [3.05, 3.63) is 53.4 Å². The fourth-order valence-electron chi connectivity index (χ4n) is 4.47. The number of hydrogen-bond donors (Lipinski definition) is 2. The molecule has 1 fully saturated rings. The third kappa shape index (κ3) is 8.88. The fourth-order valence-corrected chi connectivity index (χ4v) is 4.47. The molecule has 2 atom stereocenters. The van der Waals surface area contributed by atoms with Crippen molar-refractivity contribution in [2.45, 2.75) is 64.3 Å². The molecule has 0 aromatic heterocycles. The lowest BCUT2D eigenvalue weighted by Crippen LogP contribution is -2.24. The smallest absolute Gasteiger partial charge is 0.310 e. The van der Waals surface area contributed by atoms with Crippen LogP contribution < -0.4 is 9.47 Å². The number of hydrogen-bond acceptors (Lipinski definition) is 7. The largest absolute Gasteiger partial charge is 0.492 e. The van der Waals surface area contributed by atoms with Gasteiger partial charge in [-0.25, -0.2) is 4.39 Å². The first-order chi connectivity index (χ1) is 18.7. The first-order valence-corrected chi connectivity index (χ1v) is 13.2. The summed E-state index contributed by atoms with van der Waals surface area (Å²) in [5, 5.41) is 19.2. The molecule has 8 nitrogen and oxygen atoms in total. The fraction of sp³-hybridized carbons (Fsp3) is 0.467. The average molecular weight is 545 g/mol. The molecule has 9 heteroatoms. The van der Waals surface area contributed by atoms with E-state index in [4.69, 9.17) is 24.1 Å². The first kappa shape index (κ1) is 30.3. The minimum Gasteiger partial charge on any atom is -0.492 e. The molecular formula is C30H37FO8. The van der Waals surface area contributed by atoms with E-state index in [9.17, 15) is 19.1 Å². The van der Waals surface area contributed by atoms with Crippen molar-refractivity contribution in [3.63, 3.8) is 0 Å². The van der Waals surface area contributed by atoms with Crippen LogP contribution in [-0.4, -0.2) is 61.3 Å². The Morgan fingerprint density at radius 2 is 1.92 bits per heavy atom. The predicted molar refractivity (Wildman–Crippen MR) is 144 cm³/mol. The first-order valence-electron chi connectivity index (χ1n) is 13.2. The van der Waals surface area contributed by atoms with Crippen molar-refractivity contribution in [1.29, 1.82) is 0 Å². The van der Waals surface area contributed by atoms with Crippen molar-refractivity contribution in [2.75, 3.05) is 26.9 Å². The summed E-state index contributed by atoms with van der Waals surface area (Å²) in [5.41, 5.74) is 2.89. The van der Waals surface area contributed by atoms with Gasteiger partial charge in [-0.3, -0.25) is 9.59 Å². The predicted octanol–water partition coefficient (Wildman–Crippen LogP) is 5.35. The van der Waals surface area contributed by atoms with E-state index < -0.39 is 24.3 Å². The molecule has 0 radical (unpaired) electrons. The minimum atomic E-state index is -1.24. The summed E-state index contributed by atoms with van der Waals surface area (Å²) < 4.78 is 37.1. The number of ketones is 1. The number of benzene rings is 2. The molecule has 1 aliphatic heterocycles. The van der Waals surface area contributed by atoms with E-state index in [0.29, 0.717) is 41.4 Å². The van der Waals surface area contributed by atoms with Crippen molar-refractivity contribution in [2.24, 2.45) is 0 Å². The number of ether oxygens (including phenoxy) is 4. The molecule has 1 heterocycles. The SMILES string of the molecule is COc1c(OCCOC2CCCCO2)cc(C(C)C)c(C=CC(O)CC(=O)CC(=O)O)c1-c1ccc(F)cc1. The van der Waals surface area contributed by atoms with Gasteiger partial charge < -0.3 is 29.2 Å². The Morgan fingerprint density at radius 3 is 2.54 bits per heavy atom. The van der Waals surface area contributed by atoms with Gasteiger partial charge in [-0.05, 0) is 60.1 Å². The van der Waals surface area contributed by atoms with Crippen LogP contribution in [0.15, 0.2) is 36.4 Å². The molecule has 0 saturated carbocycles. The second-order valence-electron chi connectivity index (χ2n) is 9.70. The zero-order valence-electron chi connectivity index (χ0n) is 22.7. The third-order valence-electron chi connectivity index (χ3n) is 6.33. The summed E-state index contributed by atoms with van der Waals surface area (Å²) in [5.74, 6) is -1.27. The van der Waals surface area contributed by atoms with E-state index in [1.165, 1.54) is 25.3 Å². The molecule has 0 bridgehead atoms. The Morgan fingerprint density at radius 1 is 1.18 bits per heavy atom. The molecule has 2 aromatic carbocycles. The normalized spacial score (nSPS) is 16.4. The molecule has 2 aromatic rings. The van der Waals surface area contributed by atoms with Crippen LogP contribution in [0.25, 0.3) is 17.2 Å². The summed E-state index contributed by atoms with van der Waals surface area (Å²) in [6.45, 7) is 5.29. The lowest BCUT2D eigenvalue weighted by molar-refractivity contribution is -0.165. The van der Waals surface area contributed by atoms with Crippen LogP contribution in [-0.2, 0) is 19.1 Å². The van der Waals surface area contributed by atoms with Gasteiger partial charge in [0, 0.05) is 18.6 Å². The molecule has 39 heavy (non-hydrogen) atoms. The molecule has 1 aliphatic rings. The maximum Gasteiger partial charge on any atom is 0.310 e. The van der Waals surface area contributed by atoms with Crippen LogP contribution in [0.5, 0.6) is 11.5 Å². The Kier molecular flexibility index (Phi) is 11.5. The Balaban J connectivity index is 1.96. The van der Waals surface area contributed by atoms with E-state index in [1.807, 2.05) is 19.9 Å². The number of rotatable bonds is 14. The Bertz CT molecular complexity index is 1140. The summed E-state index contributed by atoms with van der Waals surface area (Å²) in [6.07, 6.45) is 3.70. The third-order valence-corrected chi connectivity index (χ3v) is 6.33. The number of aliphatic carboxylic acids is 1. The minimum absolute atomic E-state index is 0.0229. The number of halogens is 1. The van der Waals surface area contributed by atoms with Crippen LogP contribution in [0.4, 0.5) is 4.39 Å². The van der Waals surface area contributed by atoms with E-state index in [1.54, 1.807) is 18.2 Å². The maximum absolute atomic E-state index is 13.8. The monoisotopic (exact) mass is 544 g/mol. The molecule has 2 N–H and O–H groups in total. The van der Waals surface area contributed by atoms with Crippen molar-refractivity contribution >= 4 is 17.8 Å². The molecule has 0 spiro atoms. The number of carboxylic acid groups (broad SMARTS) is 1. The molecular weight excluding hydrogens is 507 g/mol. The van der Waals surface area contributed by atoms with Gasteiger partial charge in [0.1, 0.15) is 24.6 Å². The van der Waals surface area contributed by atoms with Gasteiger partial charge in [0.05, 0.1) is 19.8 Å². The number of aliphatic hydroxyl groups is 1.